The lowest BCUT2D eigenvalue weighted by Gasteiger charge is -2.27. The van der Waals surface area contributed by atoms with Gasteiger partial charge < -0.3 is 4.57 Å². The molecule has 0 fully saturated rings. The van der Waals surface area contributed by atoms with Gasteiger partial charge in [-0.25, -0.2) is 0 Å². The monoisotopic (exact) mass is 455 g/mol. The summed E-state index contributed by atoms with van der Waals surface area (Å²) in [6.45, 7) is 0.215. The predicted octanol–water partition coefficient (Wildman–Crippen LogP) is 6.43. The average Bonchev–Trinajstić information content (AvgIpc) is 3.28. The van der Waals surface area contributed by atoms with Crippen molar-refractivity contribution in [3.05, 3.63) is 133 Å². The van der Waals surface area contributed by atoms with Crippen molar-refractivity contribution >= 4 is 55.7 Å². The molecule has 36 heavy (non-hydrogen) atoms. The molecule has 0 spiro atoms. The first-order valence-electron chi connectivity index (χ1n) is 12.6. The molecule has 1 nitrogen and oxygen atoms in total. The molecule has 0 amide bonds. The van der Waals surface area contributed by atoms with Crippen LogP contribution in [0.3, 0.4) is 0 Å². The lowest BCUT2D eigenvalue weighted by molar-refractivity contribution is 1.18. The highest BCUT2D eigenvalue weighted by Crippen LogP contribution is 2.32. The largest absolute Gasteiger partial charge is 0.309 e. The van der Waals surface area contributed by atoms with Crippen LogP contribution in [0.5, 0.6) is 0 Å². The van der Waals surface area contributed by atoms with E-state index in [9.17, 15) is 0 Å². The first-order chi connectivity index (χ1) is 17.9. The first kappa shape index (κ1) is 19.7. The summed E-state index contributed by atoms with van der Waals surface area (Å²) in [6, 6.07) is 49.0. The van der Waals surface area contributed by atoms with Gasteiger partial charge in [0.2, 0.25) is 6.71 Å². The van der Waals surface area contributed by atoms with Crippen LogP contribution < -0.4 is 16.4 Å². The van der Waals surface area contributed by atoms with Crippen LogP contribution in [0.1, 0.15) is 0 Å². The van der Waals surface area contributed by atoms with E-state index in [4.69, 9.17) is 0 Å². The number of fused-ring (bicyclic) bond motifs is 5. The Labute approximate surface area is 210 Å². The molecule has 0 atom stereocenters. The molecule has 0 bridgehead atoms. The molecule has 8 rings (SSSR count). The zero-order valence-electron chi connectivity index (χ0n) is 19.7. The summed E-state index contributed by atoms with van der Waals surface area (Å²) >= 11 is 0. The highest BCUT2D eigenvalue weighted by atomic mass is 15.0. The van der Waals surface area contributed by atoms with Gasteiger partial charge in [-0.2, -0.15) is 0 Å². The highest BCUT2D eigenvalue weighted by Gasteiger charge is 2.31. The van der Waals surface area contributed by atoms with E-state index in [0.29, 0.717) is 0 Å². The minimum absolute atomic E-state index is 0.215. The fourth-order valence-electron chi connectivity index (χ4n) is 6.37. The van der Waals surface area contributed by atoms with Crippen LogP contribution in [0.4, 0.5) is 0 Å². The van der Waals surface area contributed by atoms with Crippen molar-refractivity contribution in [3.8, 4) is 16.8 Å². The van der Waals surface area contributed by atoms with Gasteiger partial charge in [0.1, 0.15) is 0 Å². The third-order valence-corrected chi connectivity index (χ3v) is 7.87. The van der Waals surface area contributed by atoms with Gasteiger partial charge in [-0.3, -0.25) is 0 Å². The molecule has 0 radical (unpaired) electrons. The van der Waals surface area contributed by atoms with E-state index in [1.807, 2.05) is 0 Å². The number of aromatic nitrogens is 1. The van der Waals surface area contributed by atoms with Crippen molar-refractivity contribution < 1.29 is 0 Å². The fourth-order valence-corrected chi connectivity index (χ4v) is 6.37. The van der Waals surface area contributed by atoms with Crippen molar-refractivity contribution in [2.75, 3.05) is 0 Å². The SMILES string of the molecule is c1ccc2c(c1)B(c1ccc(-n3c4ccccc4c4ccccc43)cc1)c1cccc3cccc-2c13. The number of hydrogen-bond acceptors (Lipinski definition) is 0. The summed E-state index contributed by atoms with van der Waals surface area (Å²) in [5.41, 5.74) is 10.5. The molecule has 1 aliphatic heterocycles. The lowest BCUT2D eigenvalue weighted by Crippen LogP contribution is -2.54. The van der Waals surface area contributed by atoms with Gasteiger partial charge in [-0.15, -0.1) is 0 Å². The Morgan fingerprint density at radius 3 is 1.78 bits per heavy atom. The van der Waals surface area contributed by atoms with Crippen LogP contribution in [0.15, 0.2) is 133 Å². The van der Waals surface area contributed by atoms with Crippen LogP contribution in [-0.2, 0) is 0 Å². The Morgan fingerprint density at radius 1 is 0.444 bits per heavy atom. The van der Waals surface area contributed by atoms with E-state index in [0.717, 1.165) is 0 Å². The number of rotatable bonds is 2. The van der Waals surface area contributed by atoms with Crippen LogP contribution in [0.2, 0.25) is 0 Å². The Hall–Kier alpha value is -4.56. The van der Waals surface area contributed by atoms with E-state index < -0.39 is 0 Å². The molecule has 0 saturated carbocycles. The van der Waals surface area contributed by atoms with Gasteiger partial charge in [0, 0.05) is 16.5 Å². The van der Waals surface area contributed by atoms with Crippen molar-refractivity contribution in [1.29, 1.82) is 0 Å². The zero-order chi connectivity index (χ0) is 23.6. The normalized spacial score (nSPS) is 12.4. The molecule has 7 aromatic rings. The predicted molar refractivity (Wildman–Crippen MR) is 155 cm³/mol. The van der Waals surface area contributed by atoms with E-state index >= 15 is 0 Å². The Kier molecular flexibility index (Phi) is 4.09. The molecule has 0 aliphatic carbocycles. The maximum atomic E-state index is 2.39. The Bertz CT molecular complexity index is 1890. The van der Waals surface area contributed by atoms with Gasteiger partial charge in [-0.05, 0) is 46.2 Å². The number of hydrogen-bond donors (Lipinski definition) is 0. The van der Waals surface area contributed by atoms with Crippen molar-refractivity contribution in [3.63, 3.8) is 0 Å². The summed E-state index contributed by atoms with van der Waals surface area (Å²) in [5.74, 6) is 0. The molecule has 166 valence electrons. The smallest absolute Gasteiger partial charge is 0.242 e. The maximum absolute atomic E-state index is 2.39. The molecule has 1 aliphatic rings. The number of benzene rings is 6. The number of nitrogens with zero attached hydrogens (tertiary/aromatic N) is 1. The second kappa shape index (κ2) is 7.47. The summed E-state index contributed by atoms with van der Waals surface area (Å²) in [7, 11) is 0. The highest BCUT2D eigenvalue weighted by molar-refractivity contribution is 6.98. The van der Waals surface area contributed by atoms with E-state index in [1.54, 1.807) is 0 Å². The zero-order valence-corrected chi connectivity index (χ0v) is 19.7. The van der Waals surface area contributed by atoms with Gasteiger partial charge in [0.25, 0.3) is 0 Å². The van der Waals surface area contributed by atoms with Gasteiger partial charge >= 0.3 is 0 Å². The lowest BCUT2D eigenvalue weighted by atomic mass is 9.34. The second-order valence-corrected chi connectivity index (χ2v) is 9.73. The average molecular weight is 455 g/mol. The molecule has 6 aromatic carbocycles. The molecular formula is C34H22BN. The third kappa shape index (κ3) is 2.67. The molecule has 0 N–H and O–H groups in total. The Balaban J connectivity index is 1.34. The van der Waals surface area contributed by atoms with Crippen molar-refractivity contribution in [2.45, 2.75) is 0 Å². The van der Waals surface area contributed by atoms with Gasteiger partial charge in [0.15, 0.2) is 0 Å². The standard InChI is InChI=1S/C34H22BN/c1-4-15-30-26(11-1)29-14-7-9-23-10-8-16-31(34(23)29)35(30)24-19-21-25(22-20-24)36-32-17-5-2-12-27(32)28-13-3-6-18-33(28)36/h1-22H. The van der Waals surface area contributed by atoms with Crippen molar-refractivity contribution in [2.24, 2.45) is 0 Å². The topological polar surface area (TPSA) is 4.93 Å². The number of para-hydroxylation sites is 2. The van der Waals surface area contributed by atoms with Gasteiger partial charge in [-0.1, -0.05) is 126 Å². The van der Waals surface area contributed by atoms with Crippen LogP contribution >= 0.6 is 0 Å². The second-order valence-electron chi connectivity index (χ2n) is 9.73. The van der Waals surface area contributed by atoms with Crippen molar-refractivity contribution in [1.82, 2.24) is 4.57 Å². The molecular weight excluding hydrogens is 433 g/mol. The van der Waals surface area contributed by atoms with Crippen LogP contribution in [-0.4, -0.2) is 11.3 Å². The maximum Gasteiger partial charge on any atom is 0.242 e. The molecule has 2 heteroatoms. The quantitative estimate of drug-likeness (QED) is 0.265. The van der Waals surface area contributed by atoms with Crippen LogP contribution in [0.25, 0.3) is 49.4 Å². The summed E-state index contributed by atoms with van der Waals surface area (Å²) in [5, 5.41) is 5.28. The van der Waals surface area contributed by atoms with Crippen LogP contribution in [0, 0.1) is 0 Å². The minimum atomic E-state index is 0.215. The molecule has 1 aromatic heterocycles. The third-order valence-electron chi connectivity index (χ3n) is 7.87. The van der Waals surface area contributed by atoms with E-state index in [-0.39, 0.29) is 6.71 Å². The van der Waals surface area contributed by atoms with E-state index in [1.165, 1.54) is 65.8 Å². The molecule has 0 saturated heterocycles. The summed E-state index contributed by atoms with van der Waals surface area (Å²) < 4.78 is 2.39. The fraction of sp³-hybridized carbons (Fsp3) is 0. The first-order valence-corrected chi connectivity index (χ1v) is 12.6. The summed E-state index contributed by atoms with van der Waals surface area (Å²) in [6.07, 6.45) is 0. The minimum Gasteiger partial charge on any atom is -0.309 e. The van der Waals surface area contributed by atoms with Gasteiger partial charge in [0.05, 0.1) is 11.0 Å². The summed E-state index contributed by atoms with van der Waals surface area (Å²) in [4.78, 5) is 0. The van der Waals surface area contributed by atoms with E-state index in [2.05, 4.69) is 138 Å². The Morgan fingerprint density at radius 2 is 1.03 bits per heavy atom. The molecule has 2 heterocycles. The molecule has 0 unspecified atom stereocenters.